The van der Waals surface area contributed by atoms with Gasteiger partial charge in [0, 0.05) is 29.6 Å². The lowest BCUT2D eigenvalue weighted by atomic mass is 10.1. The Morgan fingerprint density at radius 2 is 2.00 bits per heavy atom. The van der Waals surface area contributed by atoms with Crippen molar-refractivity contribution in [3.05, 3.63) is 60.3 Å². The molecule has 12 heteroatoms. The fraction of sp³-hybridized carbons (Fsp3) is 0.158. The Bertz CT molecular complexity index is 1250. The number of fused-ring (bicyclic) bond motifs is 1. The van der Waals surface area contributed by atoms with Crippen LogP contribution in [0.2, 0.25) is 0 Å². The number of aryl methyl sites for hydroxylation is 1. The van der Waals surface area contributed by atoms with Crippen LogP contribution in [0, 0.1) is 11.6 Å². The SMILES string of the molecule is O=S([O-])NCCCc1ccc(F)c(Nc2ncccc2-c2ncnc3nc[nH]c23)c1F. The van der Waals surface area contributed by atoms with E-state index in [1.807, 2.05) is 0 Å². The molecule has 0 fully saturated rings. The van der Waals surface area contributed by atoms with Gasteiger partial charge in [-0.3, -0.25) is 4.21 Å². The fourth-order valence-corrected chi connectivity index (χ4v) is 3.43. The van der Waals surface area contributed by atoms with E-state index in [1.54, 1.807) is 12.1 Å². The summed E-state index contributed by atoms with van der Waals surface area (Å²) in [7, 11) is 0. The number of H-pyrrole nitrogens is 1. The van der Waals surface area contributed by atoms with Gasteiger partial charge >= 0.3 is 0 Å². The summed E-state index contributed by atoms with van der Waals surface area (Å²) < 4.78 is 52.8. The van der Waals surface area contributed by atoms with Gasteiger partial charge in [0.25, 0.3) is 0 Å². The van der Waals surface area contributed by atoms with Gasteiger partial charge in [-0.15, -0.1) is 0 Å². The first kappa shape index (κ1) is 20.9. The number of halogens is 2. The molecule has 4 rings (SSSR count). The van der Waals surface area contributed by atoms with Crippen LogP contribution >= 0.6 is 0 Å². The Kier molecular flexibility index (Phi) is 6.21. The minimum Gasteiger partial charge on any atom is -0.760 e. The van der Waals surface area contributed by atoms with E-state index in [-0.39, 0.29) is 30.0 Å². The third-order valence-electron chi connectivity index (χ3n) is 4.54. The number of hydrogen-bond acceptors (Lipinski definition) is 7. The summed E-state index contributed by atoms with van der Waals surface area (Å²) in [6, 6.07) is 5.88. The quantitative estimate of drug-likeness (QED) is 0.281. The maximum absolute atomic E-state index is 15.0. The van der Waals surface area contributed by atoms with Crippen LogP contribution in [-0.2, 0) is 17.7 Å². The van der Waals surface area contributed by atoms with Crippen molar-refractivity contribution in [2.75, 3.05) is 11.9 Å². The van der Waals surface area contributed by atoms with Gasteiger partial charge in [0.2, 0.25) is 0 Å². The van der Waals surface area contributed by atoms with Crippen LogP contribution in [0.5, 0.6) is 0 Å². The van der Waals surface area contributed by atoms with Gasteiger partial charge in [-0.05, 0) is 36.6 Å². The van der Waals surface area contributed by atoms with E-state index in [4.69, 9.17) is 0 Å². The van der Waals surface area contributed by atoms with Gasteiger partial charge < -0.3 is 14.9 Å². The highest BCUT2D eigenvalue weighted by atomic mass is 32.2. The van der Waals surface area contributed by atoms with Gasteiger partial charge in [-0.2, -0.15) is 0 Å². The van der Waals surface area contributed by atoms with Crippen LogP contribution in [0.1, 0.15) is 12.0 Å². The first-order valence-corrected chi connectivity index (χ1v) is 10.3. The van der Waals surface area contributed by atoms with Crippen LogP contribution in [0.15, 0.2) is 43.1 Å². The molecule has 0 aliphatic heterocycles. The molecule has 0 saturated carbocycles. The van der Waals surface area contributed by atoms with Crippen molar-refractivity contribution in [2.45, 2.75) is 12.8 Å². The third-order valence-corrected chi connectivity index (χ3v) is 4.98. The van der Waals surface area contributed by atoms with Gasteiger partial charge in [0.1, 0.15) is 34.9 Å². The van der Waals surface area contributed by atoms with Crippen molar-refractivity contribution in [1.29, 1.82) is 0 Å². The topological polar surface area (TPSA) is 132 Å². The van der Waals surface area contributed by atoms with E-state index in [2.05, 4.69) is 35.0 Å². The summed E-state index contributed by atoms with van der Waals surface area (Å²) in [5.74, 6) is -1.35. The normalized spacial score (nSPS) is 12.2. The number of rotatable bonds is 8. The monoisotopic (exact) mass is 444 g/mol. The Balaban J connectivity index is 1.65. The molecule has 160 valence electrons. The molecule has 1 atom stereocenters. The highest BCUT2D eigenvalue weighted by Gasteiger charge is 2.18. The van der Waals surface area contributed by atoms with Crippen LogP contribution in [-0.4, -0.2) is 40.2 Å². The van der Waals surface area contributed by atoms with E-state index in [0.717, 1.165) is 6.07 Å². The molecule has 9 nitrogen and oxygen atoms in total. The summed E-state index contributed by atoms with van der Waals surface area (Å²) in [6.07, 6.45) is 4.89. The second-order valence-electron chi connectivity index (χ2n) is 6.48. The molecule has 0 bridgehead atoms. The molecular formula is C19H16F2N7O2S-. The van der Waals surface area contributed by atoms with Gasteiger partial charge in [-0.1, -0.05) is 6.07 Å². The average Bonchev–Trinajstić information content (AvgIpc) is 3.25. The second kappa shape index (κ2) is 9.20. The number of hydrogen-bond donors (Lipinski definition) is 3. The van der Waals surface area contributed by atoms with Crippen LogP contribution in [0.4, 0.5) is 20.3 Å². The zero-order valence-corrected chi connectivity index (χ0v) is 16.7. The van der Waals surface area contributed by atoms with Gasteiger partial charge in [-0.25, -0.2) is 33.4 Å². The van der Waals surface area contributed by atoms with E-state index in [9.17, 15) is 13.2 Å². The summed E-state index contributed by atoms with van der Waals surface area (Å²) in [5, 5.41) is 2.74. The number of nitrogens with zero attached hydrogens (tertiary/aromatic N) is 4. The lowest BCUT2D eigenvalue weighted by Crippen LogP contribution is -2.18. The molecule has 1 unspecified atom stereocenters. The van der Waals surface area contributed by atoms with Crippen LogP contribution in [0.3, 0.4) is 0 Å². The molecular weight excluding hydrogens is 428 g/mol. The first-order valence-electron chi connectivity index (χ1n) is 9.20. The summed E-state index contributed by atoms with van der Waals surface area (Å²) in [4.78, 5) is 19.6. The highest BCUT2D eigenvalue weighted by molar-refractivity contribution is 7.77. The molecule has 0 radical (unpaired) electrons. The summed E-state index contributed by atoms with van der Waals surface area (Å²) in [5.41, 5.74) is 1.89. The molecule has 31 heavy (non-hydrogen) atoms. The highest BCUT2D eigenvalue weighted by Crippen LogP contribution is 2.32. The zero-order valence-electron chi connectivity index (χ0n) is 15.9. The minimum atomic E-state index is -2.38. The van der Waals surface area contributed by atoms with Crippen molar-refractivity contribution in [1.82, 2.24) is 29.6 Å². The number of benzene rings is 1. The first-order chi connectivity index (χ1) is 15.0. The van der Waals surface area contributed by atoms with Crippen molar-refractivity contribution in [2.24, 2.45) is 0 Å². The molecule has 0 spiro atoms. The number of aromatic nitrogens is 5. The third kappa shape index (κ3) is 4.55. The Hall–Kier alpha value is -3.35. The summed E-state index contributed by atoms with van der Waals surface area (Å²) >= 11 is -2.38. The average molecular weight is 444 g/mol. The lowest BCUT2D eigenvalue weighted by Gasteiger charge is -2.14. The van der Waals surface area contributed by atoms with E-state index in [0.29, 0.717) is 28.8 Å². The number of pyridine rings is 1. The number of aromatic amines is 1. The molecule has 3 heterocycles. The predicted molar refractivity (Wildman–Crippen MR) is 110 cm³/mol. The number of imidazole rings is 1. The van der Waals surface area contributed by atoms with Crippen molar-refractivity contribution < 1.29 is 17.5 Å². The molecule has 1 aromatic carbocycles. The Morgan fingerprint density at radius 3 is 2.84 bits per heavy atom. The van der Waals surface area contributed by atoms with Crippen molar-refractivity contribution in [3.8, 4) is 11.3 Å². The maximum Gasteiger partial charge on any atom is 0.181 e. The molecule has 3 N–H and O–H groups in total. The standard InChI is InChI=1S/C19H17F2N7O2S/c20-13-6-5-11(3-1-8-27-31(29)30)14(21)16(13)28-18-12(4-2-7-22-18)15-17-19(25-9-23-15)26-10-24-17/h2,4-7,9-10,27H,1,3,8H2,(H,22,28)(H,29,30)(H,23,24,25,26)/p-1. The van der Waals surface area contributed by atoms with E-state index in [1.165, 1.54) is 24.9 Å². The van der Waals surface area contributed by atoms with Crippen molar-refractivity contribution in [3.63, 3.8) is 0 Å². The molecule has 0 aliphatic rings. The largest absolute Gasteiger partial charge is 0.760 e. The van der Waals surface area contributed by atoms with Crippen molar-refractivity contribution >= 4 is 33.9 Å². The zero-order chi connectivity index (χ0) is 21.8. The second-order valence-corrected chi connectivity index (χ2v) is 7.23. The van der Waals surface area contributed by atoms with Crippen LogP contribution < -0.4 is 10.0 Å². The van der Waals surface area contributed by atoms with Gasteiger partial charge in [0.15, 0.2) is 11.5 Å². The molecule has 0 aliphatic carbocycles. The predicted octanol–water partition coefficient (Wildman–Crippen LogP) is 2.75. The number of anilines is 2. The van der Waals surface area contributed by atoms with Crippen LogP contribution in [0.25, 0.3) is 22.4 Å². The Morgan fingerprint density at radius 1 is 1.13 bits per heavy atom. The fourth-order valence-electron chi connectivity index (χ4n) is 3.12. The molecule has 4 aromatic rings. The summed E-state index contributed by atoms with van der Waals surface area (Å²) in [6.45, 7) is 0.147. The number of nitrogens with one attached hydrogen (secondary N) is 3. The molecule has 3 aromatic heterocycles. The lowest BCUT2D eigenvalue weighted by molar-refractivity contribution is 0.520. The smallest absolute Gasteiger partial charge is 0.181 e. The van der Waals surface area contributed by atoms with Gasteiger partial charge in [0.05, 0.1) is 6.33 Å². The minimum absolute atomic E-state index is 0.147. The molecule has 0 amide bonds. The van der Waals surface area contributed by atoms with E-state index < -0.39 is 22.9 Å². The molecule has 0 saturated heterocycles. The maximum atomic E-state index is 15.0. The Labute approximate surface area is 177 Å². The van der Waals surface area contributed by atoms with E-state index >= 15 is 4.39 Å².